The Morgan fingerprint density at radius 2 is 1.12 bits per heavy atom. The van der Waals surface area contributed by atoms with Crippen molar-refractivity contribution in [2.45, 2.75) is 76.7 Å². The lowest BCUT2D eigenvalue weighted by Gasteiger charge is -2.14. The molecule has 6 N–H and O–H groups in total. The lowest BCUT2D eigenvalue weighted by atomic mass is 10.1. The van der Waals surface area contributed by atoms with Crippen LogP contribution in [0.2, 0.25) is 0 Å². The quantitative estimate of drug-likeness (QED) is 0.0346. The molecule has 0 aromatic rings. The summed E-state index contributed by atoms with van der Waals surface area (Å²) < 4.78 is 27.1. The van der Waals surface area contributed by atoms with Gasteiger partial charge in [-0.1, -0.05) is 44.9 Å². The number of nitrogens with one attached hydrogen (secondary N) is 1. The van der Waals surface area contributed by atoms with Crippen LogP contribution < -0.4 is 16.8 Å². The number of carboxylic acids is 1. The van der Waals surface area contributed by atoms with Gasteiger partial charge in [-0.05, 0) is 31.4 Å². The molecule has 0 aliphatic rings. The number of guanidine groups is 1. The van der Waals surface area contributed by atoms with E-state index >= 15 is 0 Å². The molecule has 0 unspecified atom stereocenters. The Morgan fingerprint density at radius 3 is 1.60 bits per heavy atom. The second-order valence-corrected chi connectivity index (χ2v) is 9.76. The number of hydrogen-bond acceptors (Lipinski definition) is 9. The Labute approximate surface area is 245 Å². The minimum absolute atomic E-state index is 0.0584. The Morgan fingerprint density at radius 1 is 0.675 bits per heavy atom. The van der Waals surface area contributed by atoms with E-state index in [1.807, 2.05) is 0 Å². The number of thiol groups is 1. The van der Waals surface area contributed by atoms with Crippen LogP contribution in [-0.2, 0) is 33.3 Å². The summed E-state index contributed by atoms with van der Waals surface area (Å²) in [4.78, 5) is 26.9. The fourth-order valence-electron chi connectivity index (χ4n) is 3.59. The van der Waals surface area contributed by atoms with Crippen LogP contribution in [0.4, 0.5) is 0 Å². The van der Waals surface area contributed by atoms with Gasteiger partial charge in [0.25, 0.3) is 0 Å². The highest BCUT2D eigenvalue weighted by Gasteiger charge is 2.19. The van der Waals surface area contributed by atoms with Crippen molar-refractivity contribution in [3.63, 3.8) is 0 Å². The number of nitrogens with zero attached hydrogens (tertiary/aromatic N) is 1. The van der Waals surface area contributed by atoms with Gasteiger partial charge in [0.1, 0.15) is 12.6 Å². The molecule has 0 aromatic carbocycles. The van der Waals surface area contributed by atoms with Crippen LogP contribution in [-0.4, -0.2) is 107 Å². The molecular formula is C27H54N4O8S. The van der Waals surface area contributed by atoms with E-state index in [1.54, 1.807) is 0 Å². The van der Waals surface area contributed by atoms with Gasteiger partial charge in [0.05, 0.1) is 52.9 Å². The number of nitrogens with two attached hydrogens (primary N) is 2. The van der Waals surface area contributed by atoms with Crippen LogP contribution in [0.1, 0.15) is 70.6 Å². The van der Waals surface area contributed by atoms with Gasteiger partial charge < -0.3 is 45.6 Å². The summed E-state index contributed by atoms with van der Waals surface area (Å²) in [6.45, 7) is 4.28. The molecule has 0 saturated carbocycles. The van der Waals surface area contributed by atoms with E-state index in [0.29, 0.717) is 59.2 Å². The van der Waals surface area contributed by atoms with Crippen molar-refractivity contribution in [3.8, 4) is 0 Å². The molecule has 40 heavy (non-hydrogen) atoms. The summed E-state index contributed by atoms with van der Waals surface area (Å²) in [7, 11) is 0. The number of aliphatic carboxylic acids is 1. The Kier molecular flexibility index (Phi) is 29.1. The normalized spacial score (nSPS) is 11.8. The van der Waals surface area contributed by atoms with Gasteiger partial charge in [-0.3, -0.25) is 9.79 Å². The van der Waals surface area contributed by atoms with E-state index in [9.17, 15) is 14.7 Å². The third kappa shape index (κ3) is 29.3. The van der Waals surface area contributed by atoms with Crippen LogP contribution in [0, 0.1) is 0 Å². The van der Waals surface area contributed by atoms with Crippen LogP contribution in [0.25, 0.3) is 0 Å². The molecule has 236 valence electrons. The Balaban J connectivity index is 3.35. The van der Waals surface area contributed by atoms with Crippen LogP contribution in [0.3, 0.4) is 0 Å². The molecule has 0 aromatic heterocycles. The van der Waals surface area contributed by atoms with Crippen molar-refractivity contribution in [1.82, 2.24) is 5.32 Å². The standard InChI is InChI=1S/C27H54N4O8S/c28-27(29)30-12-10-11-24(26(33)34)31-25(32)23-39-21-20-38-19-18-37-17-16-36-15-14-35-13-8-6-4-2-1-3-5-7-9-22-40/h24,40H,1-23H2,(H,31,32)(H,33,34)(H4,28,29,30)/t24-/m0/s1. The molecule has 13 heteroatoms. The minimum atomic E-state index is -1.13. The second kappa shape index (κ2) is 30.3. The van der Waals surface area contributed by atoms with Gasteiger partial charge in [0.2, 0.25) is 5.91 Å². The van der Waals surface area contributed by atoms with E-state index in [-0.39, 0.29) is 25.6 Å². The maximum atomic E-state index is 11.9. The van der Waals surface area contributed by atoms with Crippen molar-refractivity contribution in [2.75, 3.05) is 78.4 Å². The SMILES string of the molecule is NC(N)=NCCC[C@H](NC(=O)COCCOCCOCCOCCOCCCCCCCCCCCS)C(=O)O. The predicted octanol–water partition coefficient (Wildman–Crippen LogP) is 2.13. The summed E-state index contributed by atoms with van der Waals surface area (Å²) in [6, 6.07) is -1.02. The molecule has 0 radical (unpaired) electrons. The summed E-state index contributed by atoms with van der Waals surface area (Å²) in [6.07, 6.45) is 12.2. The fraction of sp³-hybridized carbons (Fsp3) is 0.889. The third-order valence-corrected chi connectivity index (χ3v) is 6.06. The first-order valence-corrected chi connectivity index (χ1v) is 15.2. The molecule has 1 amide bonds. The zero-order valence-electron chi connectivity index (χ0n) is 24.2. The minimum Gasteiger partial charge on any atom is -0.480 e. The molecule has 0 spiro atoms. The fourth-order valence-corrected chi connectivity index (χ4v) is 3.82. The van der Waals surface area contributed by atoms with Gasteiger partial charge in [0.15, 0.2) is 5.96 Å². The monoisotopic (exact) mass is 594 g/mol. The van der Waals surface area contributed by atoms with E-state index in [0.717, 1.165) is 18.8 Å². The van der Waals surface area contributed by atoms with Crippen molar-refractivity contribution >= 4 is 30.5 Å². The lowest BCUT2D eigenvalue weighted by molar-refractivity contribution is -0.142. The molecule has 0 aliphatic carbocycles. The second-order valence-electron chi connectivity index (χ2n) is 9.31. The Hall–Kier alpha value is -1.64. The number of aliphatic imine (C=N–C) groups is 1. The van der Waals surface area contributed by atoms with Gasteiger partial charge in [-0.2, -0.15) is 12.6 Å². The van der Waals surface area contributed by atoms with Gasteiger partial charge in [0, 0.05) is 13.2 Å². The van der Waals surface area contributed by atoms with Crippen molar-refractivity contribution < 1.29 is 38.4 Å². The van der Waals surface area contributed by atoms with E-state index < -0.39 is 17.9 Å². The highest BCUT2D eigenvalue weighted by molar-refractivity contribution is 7.80. The van der Waals surface area contributed by atoms with Crippen molar-refractivity contribution in [1.29, 1.82) is 0 Å². The maximum absolute atomic E-state index is 11.9. The third-order valence-electron chi connectivity index (χ3n) is 5.75. The van der Waals surface area contributed by atoms with E-state index in [2.05, 4.69) is 22.9 Å². The number of amides is 1. The van der Waals surface area contributed by atoms with Gasteiger partial charge in [-0.25, -0.2) is 4.79 Å². The Bertz CT molecular complexity index is 627. The molecule has 0 bridgehead atoms. The number of rotatable bonds is 31. The van der Waals surface area contributed by atoms with Crippen LogP contribution in [0.15, 0.2) is 4.99 Å². The number of carbonyl (C=O) groups is 2. The average molecular weight is 595 g/mol. The molecule has 0 rings (SSSR count). The summed E-state index contributed by atoms with van der Waals surface area (Å²) >= 11 is 4.24. The number of unbranched alkanes of at least 4 members (excludes halogenated alkanes) is 8. The zero-order valence-corrected chi connectivity index (χ0v) is 25.1. The highest BCUT2D eigenvalue weighted by Crippen LogP contribution is 2.10. The number of carboxylic acid groups (broad SMARTS) is 1. The number of ether oxygens (including phenoxy) is 5. The first-order valence-electron chi connectivity index (χ1n) is 14.5. The van der Waals surface area contributed by atoms with Crippen molar-refractivity contribution in [3.05, 3.63) is 0 Å². The maximum Gasteiger partial charge on any atom is 0.326 e. The molecule has 0 saturated heterocycles. The predicted molar refractivity (Wildman–Crippen MR) is 159 cm³/mol. The number of hydrogen-bond donors (Lipinski definition) is 5. The molecule has 0 aliphatic heterocycles. The van der Waals surface area contributed by atoms with Crippen LogP contribution in [0.5, 0.6) is 0 Å². The van der Waals surface area contributed by atoms with Gasteiger partial charge in [-0.15, -0.1) is 0 Å². The summed E-state index contributed by atoms with van der Waals surface area (Å²) in [5.41, 5.74) is 10.4. The first kappa shape index (κ1) is 38.4. The van der Waals surface area contributed by atoms with E-state index in [4.69, 9.17) is 35.2 Å². The molecular weight excluding hydrogens is 540 g/mol. The average Bonchev–Trinajstić information content (AvgIpc) is 2.92. The van der Waals surface area contributed by atoms with Crippen LogP contribution >= 0.6 is 12.6 Å². The highest BCUT2D eigenvalue weighted by atomic mass is 32.1. The largest absolute Gasteiger partial charge is 0.480 e. The van der Waals surface area contributed by atoms with Crippen molar-refractivity contribution in [2.24, 2.45) is 16.5 Å². The molecule has 0 fully saturated rings. The lowest BCUT2D eigenvalue weighted by Crippen LogP contribution is -2.42. The summed E-state index contributed by atoms with van der Waals surface area (Å²) in [5, 5.41) is 11.6. The molecule has 0 heterocycles. The topological polar surface area (TPSA) is 177 Å². The molecule has 12 nitrogen and oxygen atoms in total. The van der Waals surface area contributed by atoms with Gasteiger partial charge >= 0.3 is 5.97 Å². The zero-order chi connectivity index (χ0) is 29.5. The van der Waals surface area contributed by atoms with E-state index in [1.165, 1.54) is 51.4 Å². The first-order chi connectivity index (χ1) is 19.5. The summed E-state index contributed by atoms with van der Waals surface area (Å²) in [5.74, 6) is -0.693. The molecule has 1 atom stereocenters. The smallest absolute Gasteiger partial charge is 0.326 e. The number of carbonyl (C=O) groups excluding carboxylic acids is 1.